The van der Waals surface area contributed by atoms with Crippen molar-refractivity contribution in [1.82, 2.24) is 4.90 Å². The molecular weight excluding hydrogens is 332 g/mol. The number of carboxylic acid groups (broad SMARTS) is 1. The van der Waals surface area contributed by atoms with Crippen LogP contribution in [0.15, 0.2) is 30.0 Å². The maximum absolute atomic E-state index is 13.7. The van der Waals surface area contributed by atoms with Crippen molar-refractivity contribution in [3.8, 4) is 5.75 Å². The van der Waals surface area contributed by atoms with E-state index in [-0.39, 0.29) is 18.2 Å². The number of hydrogen-bond acceptors (Lipinski definition) is 3. The van der Waals surface area contributed by atoms with E-state index >= 15 is 0 Å². The molecule has 3 rings (SSSR count). The van der Waals surface area contributed by atoms with Gasteiger partial charge in [-0.3, -0.25) is 4.79 Å². The van der Waals surface area contributed by atoms with E-state index in [1.807, 2.05) is 0 Å². The first-order chi connectivity index (χ1) is 12.0. The van der Waals surface area contributed by atoms with Crippen LogP contribution >= 0.6 is 0 Å². The Hall–Kier alpha value is -2.44. The molecule has 0 unspecified atom stereocenters. The third-order valence-electron chi connectivity index (χ3n) is 4.74. The predicted octanol–water partition coefficient (Wildman–Crippen LogP) is 3.10. The van der Waals surface area contributed by atoms with Crippen molar-refractivity contribution in [2.75, 3.05) is 6.54 Å². The minimum atomic E-state index is -1.08. The Labute approximate surface area is 143 Å². The quantitative estimate of drug-likeness (QED) is 0.855. The summed E-state index contributed by atoms with van der Waals surface area (Å²) in [7, 11) is 0. The number of benzene rings is 1. The summed E-state index contributed by atoms with van der Waals surface area (Å²) >= 11 is 0. The largest absolute Gasteiger partial charge is 0.480 e. The molecule has 0 aromatic heterocycles. The van der Waals surface area contributed by atoms with Gasteiger partial charge in [0.05, 0.1) is 6.54 Å². The summed E-state index contributed by atoms with van der Waals surface area (Å²) in [5, 5.41) is 9.50. The summed E-state index contributed by atoms with van der Waals surface area (Å²) in [6.45, 7) is -0.115. The van der Waals surface area contributed by atoms with E-state index in [0.29, 0.717) is 6.42 Å². The van der Waals surface area contributed by atoms with Crippen LogP contribution in [-0.4, -0.2) is 34.5 Å². The molecule has 0 bridgehead atoms. The van der Waals surface area contributed by atoms with Gasteiger partial charge < -0.3 is 14.7 Å². The average Bonchev–Trinajstić information content (AvgIpc) is 3.18. The van der Waals surface area contributed by atoms with Gasteiger partial charge in [-0.1, -0.05) is 31.7 Å². The van der Waals surface area contributed by atoms with Crippen LogP contribution in [0, 0.1) is 17.6 Å². The Morgan fingerprint density at radius 3 is 2.52 bits per heavy atom. The summed E-state index contributed by atoms with van der Waals surface area (Å²) in [5.41, 5.74) is 0. The van der Waals surface area contributed by atoms with Gasteiger partial charge in [-0.05, 0) is 24.5 Å². The van der Waals surface area contributed by atoms with Gasteiger partial charge in [0.15, 0.2) is 17.4 Å². The summed E-state index contributed by atoms with van der Waals surface area (Å²) in [4.78, 5) is 25.0. The fourth-order valence-corrected chi connectivity index (χ4v) is 3.47. The molecule has 1 heterocycles. The normalized spacial score (nSPS) is 19.2. The standard InChI is InChI=1S/C18H19F2NO4/c19-13-6-3-7-14(20)17(13)25-12-9-16(22)21(10-12)15(18(23)24)8-11-4-1-2-5-11/h3,6-7,9,11,15H,1-2,4-5,8,10H2,(H,23,24)/t15-/m0/s1. The molecule has 1 aromatic carbocycles. The van der Waals surface area contributed by atoms with Gasteiger partial charge in [0.2, 0.25) is 0 Å². The molecule has 0 spiro atoms. The summed E-state index contributed by atoms with van der Waals surface area (Å²) in [6.07, 6.45) is 5.55. The molecule has 1 amide bonds. The Bertz CT molecular complexity index is 693. The van der Waals surface area contributed by atoms with Gasteiger partial charge >= 0.3 is 5.97 Å². The van der Waals surface area contributed by atoms with Crippen LogP contribution in [0.1, 0.15) is 32.1 Å². The maximum Gasteiger partial charge on any atom is 0.326 e. The first-order valence-electron chi connectivity index (χ1n) is 8.31. The number of halogens is 2. The zero-order valence-corrected chi connectivity index (χ0v) is 13.6. The Morgan fingerprint density at radius 1 is 1.28 bits per heavy atom. The van der Waals surface area contributed by atoms with E-state index in [4.69, 9.17) is 4.74 Å². The molecule has 25 heavy (non-hydrogen) atoms. The van der Waals surface area contributed by atoms with Gasteiger partial charge in [0.1, 0.15) is 11.8 Å². The lowest BCUT2D eigenvalue weighted by Gasteiger charge is -2.26. The Balaban J connectivity index is 1.71. The third kappa shape index (κ3) is 3.81. The van der Waals surface area contributed by atoms with Crippen molar-refractivity contribution < 1.29 is 28.2 Å². The number of para-hydroxylation sites is 1. The fraction of sp³-hybridized carbons (Fsp3) is 0.444. The van der Waals surface area contributed by atoms with Crippen molar-refractivity contribution in [3.63, 3.8) is 0 Å². The Morgan fingerprint density at radius 2 is 1.92 bits per heavy atom. The number of hydrogen-bond donors (Lipinski definition) is 1. The molecule has 1 aromatic rings. The second-order valence-electron chi connectivity index (χ2n) is 6.47. The van der Waals surface area contributed by atoms with E-state index in [1.54, 1.807) is 0 Å². The summed E-state index contributed by atoms with van der Waals surface area (Å²) < 4.78 is 32.5. The minimum absolute atomic E-state index is 0.0340. The second-order valence-corrected chi connectivity index (χ2v) is 6.47. The van der Waals surface area contributed by atoms with E-state index in [2.05, 4.69) is 0 Å². The zero-order valence-electron chi connectivity index (χ0n) is 13.6. The van der Waals surface area contributed by atoms with Crippen molar-refractivity contribution in [3.05, 3.63) is 41.7 Å². The number of nitrogens with zero attached hydrogens (tertiary/aromatic N) is 1. The molecular formula is C18H19F2NO4. The van der Waals surface area contributed by atoms with Crippen molar-refractivity contribution in [2.24, 2.45) is 5.92 Å². The number of carbonyl (C=O) groups excluding carboxylic acids is 1. The van der Waals surface area contributed by atoms with Crippen molar-refractivity contribution >= 4 is 11.9 Å². The SMILES string of the molecule is O=C(O)[C@H](CC1CCCC1)N1CC(Oc2c(F)cccc2F)=CC1=O. The van der Waals surface area contributed by atoms with Crippen LogP contribution in [0.4, 0.5) is 8.78 Å². The van der Waals surface area contributed by atoms with Gasteiger partial charge in [-0.15, -0.1) is 0 Å². The number of rotatable bonds is 6. The molecule has 1 aliphatic heterocycles. The summed E-state index contributed by atoms with van der Waals surface area (Å²) in [5.74, 6) is -3.63. The highest BCUT2D eigenvalue weighted by molar-refractivity contribution is 5.94. The van der Waals surface area contributed by atoms with Crippen LogP contribution in [-0.2, 0) is 9.59 Å². The zero-order chi connectivity index (χ0) is 18.0. The minimum Gasteiger partial charge on any atom is -0.480 e. The first kappa shape index (κ1) is 17.4. The summed E-state index contributed by atoms with van der Waals surface area (Å²) in [6, 6.07) is 2.35. The molecule has 1 saturated carbocycles. The van der Waals surface area contributed by atoms with Crippen LogP contribution in [0.25, 0.3) is 0 Å². The van der Waals surface area contributed by atoms with E-state index in [9.17, 15) is 23.5 Å². The van der Waals surface area contributed by atoms with Crippen LogP contribution in [0.5, 0.6) is 5.75 Å². The van der Waals surface area contributed by atoms with Gasteiger partial charge in [-0.2, -0.15) is 0 Å². The molecule has 1 N–H and O–H groups in total. The molecule has 1 fully saturated rings. The lowest BCUT2D eigenvalue weighted by atomic mass is 9.97. The predicted molar refractivity (Wildman–Crippen MR) is 84.8 cm³/mol. The third-order valence-corrected chi connectivity index (χ3v) is 4.74. The number of carboxylic acids is 1. The molecule has 5 nitrogen and oxygen atoms in total. The van der Waals surface area contributed by atoms with Crippen LogP contribution in [0.2, 0.25) is 0 Å². The highest BCUT2D eigenvalue weighted by atomic mass is 19.1. The molecule has 134 valence electrons. The molecule has 7 heteroatoms. The molecule has 0 saturated heterocycles. The topological polar surface area (TPSA) is 66.8 Å². The average molecular weight is 351 g/mol. The number of carbonyl (C=O) groups is 2. The fourth-order valence-electron chi connectivity index (χ4n) is 3.47. The van der Waals surface area contributed by atoms with Gasteiger partial charge in [0, 0.05) is 6.08 Å². The smallest absolute Gasteiger partial charge is 0.326 e. The number of amides is 1. The van der Waals surface area contributed by atoms with Crippen molar-refractivity contribution in [2.45, 2.75) is 38.1 Å². The number of aliphatic carboxylic acids is 1. The van der Waals surface area contributed by atoms with Crippen LogP contribution < -0.4 is 4.74 Å². The number of ether oxygens (including phenoxy) is 1. The molecule has 2 aliphatic rings. The molecule has 1 atom stereocenters. The highest BCUT2D eigenvalue weighted by Gasteiger charge is 2.36. The maximum atomic E-state index is 13.7. The van der Waals surface area contributed by atoms with Gasteiger partial charge in [-0.25, -0.2) is 13.6 Å². The second kappa shape index (κ2) is 7.21. The lowest BCUT2D eigenvalue weighted by Crippen LogP contribution is -2.43. The van der Waals surface area contributed by atoms with Crippen molar-refractivity contribution in [1.29, 1.82) is 0 Å². The molecule has 1 aliphatic carbocycles. The van der Waals surface area contributed by atoms with E-state index in [1.165, 1.54) is 11.0 Å². The van der Waals surface area contributed by atoms with E-state index in [0.717, 1.165) is 43.9 Å². The van der Waals surface area contributed by atoms with Gasteiger partial charge in [0.25, 0.3) is 5.91 Å². The monoisotopic (exact) mass is 351 g/mol. The lowest BCUT2D eigenvalue weighted by molar-refractivity contribution is -0.148. The van der Waals surface area contributed by atoms with E-state index < -0.39 is 35.3 Å². The first-order valence-corrected chi connectivity index (χ1v) is 8.31. The Kier molecular flexibility index (Phi) is 5.01. The highest BCUT2D eigenvalue weighted by Crippen LogP contribution is 2.32. The molecule has 0 radical (unpaired) electrons. The van der Waals surface area contributed by atoms with Crippen LogP contribution in [0.3, 0.4) is 0 Å².